The number of nitrogens with zero attached hydrogens (tertiary/aromatic N) is 1. The fraction of sp³-hybridized carbons (Fsp3) is 0.947. The van der Waals surface area contributed by atoms with Crippen molar-refractivity contribution in [3.05, 3.63) is 0 Å². The second-order valence-electron chi connectivity index (χ2n) is 7.18. The molecule has 31 heavy (non-hydrogen) atoms. The van der Waals surface area contributed by atoms with Gasteiger partial charge in [0.1, 0.15) is 5.41 Å². The summed E-state index contributed by atoms with van der Waals surface area (Å²) in [5, 5.41) is 2.90. The minimum Gasteiger partial charge on any atom is -0.377 e. The first-order valence-electron chi connectivity index (χ1n) is 10.4. The van der Waals surface area contributed by atoms with Crippen LogP contribution in [-0.2, 0) is 28.5 Å². The molecule has 2 rings (SSSR count). The highest BCUT2D eigenvalue weighted by Crippen LogP contribution is 2.46. The summed E-state index contributed by atoms with van der Waals surface area (Å²) in [5.41, 5.74) is -2.36. The van der Waals surface area contributed by atoms with Gasteiger partial charge in [-0.25, -0.2) is 0 Å². The average Bonchev–Trinajstić information content (AvgIpc) is 2.73. The number of rotatable bonds is 1. The molecule has 0 aromatic heterocycles. The smallest absolute Gasteiger partial charge is 0.377 e. The first-order valence-corrected chi connectivity index (χ1v) is 10.4. The molecule has 184 valence electrons. The van der Waals surface area contributed by atoms with Gasteiger partial charge in [-0.2, -0.15) is 13.2 Å². The maximum Gasteiger partial charge on any atom is 0.403 e. The molecule has 0 spiro atoms. The van der Waals surface area contributed by atoms with E-state index in [2.05, 4.69) is 5.32 Å². The van der Waals surface area contributed by atoms with Crippen LogP contribution in [0, 0.1) is 5.41 Å². The lowest BCUT2D eigenvalue weighted by Gasteiger charge is -2.41. The Morgan fingerprint density at radius 3 is 1.42 bits per heavy atom. The number of halogens is 4. The highest BCUT2D eigenvalue weighted by molar-refractivity contribution is 5.85. The molecule has 0 aliphatic carbocycles. The predicted octanol–water partition coefficient (Wildman–Crippen LogP) is 1.27. The summed E-state index contributed by atoms with van der Waals surface area (Å²) in [6.07, 6.45) is -5.14. The molecule has 8 nitrogen and oxygen atoms in total. The van der Waals surface area contributed by atoms with Gasteiger partial charge in [-0.05, 0) is 25.9 Å². The number of nitrogens with one attached hydrogen (secondary N) is 1. The van der Waals surface area contributed by atoms with Crippen molar-refractivity contribution in [3.8, 4) is 0 Å². The minimum absolute atomic E-state index is 0. The van der Waals surface area contributed by atoms with Crippen molar-refractivity contribution >= 4 is 18.3 Å². The van der Waals surface area contributed by atoms with Gasteiger partial charge in [-0.15, -0.1) is 12.4 Å². The van der Waals surface area contributed by atoms with Crippen LogP contribution < -0.4 is 5.32 Å². The zero-order valence-electron chi connectivity index (χ0n) is 17.8. The summed E-state index contributed by atoms with van der Waals surface area (Å²) in [4.78, 5) is 14.3. The minimum atomic E-state index is -4.61. The largest absolute Gasteiger partial charge is 0.403 e. The molecule has 0 aromatic carbocycles. The molecule has 1 N–H and O–H groups in total. The normalized spacial score (nSPS) is 23.8. The molecule has 0 unspecified atom stereocenters. The Balaban J connectivity index is 0.00000480. The van der Waals surface area contributed by atoms with E-state index in [1.165, 1.54) is 4.90 Å². The van der Waals surface area contributed by atoms with Crippen molar-refractivity contribution in [2.24, 2.45) is 5.41 Å². The molecule has 1 amide bonds. The van der Waals surface area contributed by atoms with Crippen LogP contribution in [0.5, 0.6) is 0 Å². The van der Waals surface area contributed by atoms with Crippen LogP contribution in [-0.4, -0.2) is 109 Å². The van der Waals surface area contributed by atoms with Gasteiger partial charge in [0.15, 0.2) is 0 Å². The summed E-state index contributed by atoms with van der Waals surface area (Å²) in [7, 11) is 0. The Morgan fingerprint density at radius 2 is 1.06 bits per heavy atom. The number of hydrogen-bond donors (Lipinski definition) is 1. The van der Waals surface area contributed by atoms with Gasteiger partial charge < -0.3 is 33.9 Å². The number of carbonyl (C=O) groups excluding carboxylic acids is 1. The van der Waals surface area contributed by atoms with E-state index < -0.39 is 17.5 Å². The summed E-state index contributed by atoms with van der Waals surface area (Å²) in [6.45, 7) is 3.67. The molecule has 12 heteroatoms. The van der Waals surface area contributed by atoms with Crippen molar-refractivity contribution < 1.29 is 41.7 Å². The first kappa shape index (κ1) is 28.3. The first-order chi connectivity index (χ1) is 14.5. The monoisotopic (exact) mass is 478 g/mol. The maximum atomic E-state index is 13.9. The summed E-state index contributed by atoms with van der Waals surface area (Å²) < 4.78 is 68.7. The second-order valence-corrected chi connectivity index (χ2v) is 7.18. The molecular weight excluding hydrogens is 445 g/mol. The Bertz CT molecular complexity index is 478. The Kier molecular flexibility index (Phi) is 13.9. The molecule has 2 heterocycles. The standard InChI is InChI=1S/C19H33F3N2O6.ClH/c20-19(21,22)18(1-3-23-4-2-18)17(25)24-5-7-26-9-11-28-13-15-30-16-14-29-12-10-27-8-6-24;/h23H,1-16H2;1H. The molecule has 0 atom stereocenters. The van der Waals surface area contributed by atoms with E-state index in [4.69, 9.17) is 23.7 Å². The van der Waals surface area contributed by atoms with Gasteiger partial charge in [-0.1, -0.05) is 0 Å². The third-order valence-corrected chi connectivity index (χ3v) is 5.20. The number of hydrogen-bond acceptors (Lipinski definition) is 7. The predicted molar refractivity (Wildman–Crippen MR) is 109 cm³/mol. The van der Waals surface area contributed by atoms with Gasteiger partial charge in [-0.3, -0.25) is 4.79 Å². The lowest BCUT2D eigenvalue weighted by molar-refractivity contribution is -0.234. The summed E-state index contributed by atoms with van der Waals surface area (Å²) >= 11 is 0. The maximum absolute atomic E-state index is 13.9. The molecule has 2 aliphatic rings. The lowest BCUT2D eigenvalue weighted by atomic mass is 9.76. The molecule has 2 saturated heterocycles. The van der Waals surface area contributed by atoms with Crippen molar-refractivity contribution in [1.82, 2.24) is 10.2 Å². The molecule has 0 radical (unpaired) electrons. The topological polar surface area (TPSA) is 78.5 Å². The Hall–Kier alpha value is -0.690. The van der Waals surface area contributed by atoms with E-state index >= 15 is 0 Å². The third-order valence-electron chi connectivity index (χ3n) is 5.20. The van der Waals surface area contributed by atoms with E-state index in [9.17, 15) is 18.0 Å². The zero-order chi connectivity index (χ0) is 21.7. The van der Waals surface area contributed by atoms with Crippen LogP contribution in [0.15, 0.2) is 0 Å². The van der Waals surface area contributed by atoms with Gasteiger partial charge in [0.05, 0.1) is 66.1 Å². The van der Waals surface area contributed by atoms with Crippen LogP contribution in [0.4, 0.5) is 13.2 Å². The highest BCUT2D eigenvalue weighted by Gasteiger charge is 2.61. The second kappa shape index (κ2) is 15.2. The van der Waals surface area contributed by atoms with Crippen LogP contribution in [0.1, 0.15) is 12.8 Å². The van der Waals surface area contributed by atoms with E-state index in [0.717, 1.165) is 0 Å². The van der Waals surface area contributed by atoms with Gasteiger partial charge >= 0.3 is 6.18 Å². The van der Waals surface area contributed by atoms with Crippen LogP contribution in [0.25, 0.3) is 0 Å². The zero-order valence-corrected chi connectivity index (χ0v) is 18.6. The molecule has 2 fully saturated rings. The molecule has 2 aliphatic heterocycles. The molecular formula is C19H34ClF3N2O6. The van der Waals surface area contributed by atoms with E-state index in [-0.39, 0.29) is 77.9 Å². The van der Waals surface area contributed by atoms with E-state index in [1.807, 2.05) is 0 Å². The lowest BCUT2D eigenvalue weighted by Crippen LogP contribution is -2.57. The van der Waals surface area contributed by atoms with Crippen LogP contribution >= 0.6 is 12.4 Å². The summed E-state index contributed by atoms with van der Waals surface area (Å²) in [6, 6.07) is 0. The molecule has 0 saturated carbocycles. The molecule has 0 aromatic rings. The SMILES string of the molecule is Cl.O=C(N1CCOCCOCCOCCOCCOCC1)C1(C(F)(F)F)CCNCC1. The van der Waals surface area contributed by atoms with Crippen molar-refractivity contribution in [1.29, 1.82) is 0 Å². The van der Waals surface area contributed by atoms with E-state index in [0.29, 0.717) is 39.6 Å². The van der Waals surface area contributed by atoms with Gasteiger partial charge in [0.2, 0.25) is 5.91 Å². The van der Waals surface area contributed by atoms with Gasteiger partial charge in [0.25, 0.3) is 0 Å². The van der Waals surface area contributed by atoms with Crippen molar-refractivity contribution in [2.45, 2.75) is 19.0 Å². The Labute approximate surface area is 187 Å². The number of alkyl halides is 3. The van der Waals surface area contributed by atoms with Crippen LogP contribution in [0.2, 0.25) is 0 Å². The fourth-order valence-corrected chi connectivity index (χ4v) is 3.42. The van der Waals surface area contributed by atoms with E-state index in [1.54, 1.807) is 0 Å². The number of piperidine rings is 1. The highest BCUT2D eigenvalue weighted by atomic mass is 35.5. The average molecular weight is 479 g/mol. The fourth-order valence-electron chi connectivity index (χ4n) is 3.42. The number of ether oxygens (including phenoxy) is 5. The number of amides is 1. The van der Waals surface area contributed by atoms with Crippen molar-refractivity contribution in [3.63, 3.8) is 0 Å². The van der Waals surface area contributed by atoms with Gasteiger partial charge in [0, 0.05) is 13.1 Å². The molecule has 0 bridgehead atoms. The van der Waals surface area contributed by atoms with Crippen molar-refractivity contribution in [2.75, 3.05) is 92.2 Å². The quantitative estimate of drug-likeness (QED) is 0.608. The third kappa shape index (κ3) is 9.37. The Morgan fingerprint density at radius 1 is 0.710 bits per heavy atom. The summed E-state index contributed by atoms with van der Waals surface area (Å²) in [5.74, 6) is -0.900. The number of carbonyl (C=O) groups is 1. The van der Waals surface area contributed by atoms with Crippen LogP contribution in [0.3, 0.4) is 0 Å².